The zero-order valence-electron chi connectivity index (χ0n) is 20.7. The van der Waals surface area contributed by atoms with Gasteiger partial charge < -0.3 is 25.4 Å². The van der Waals surface area contributed by atoms with Crippen molar-refractivity contribution in [1.29, 1.82) is 0 Å². The summed E-state index contributed by atoms with van der Waals surface area (Å²) in [7, 11) is 1.56. The number of likely N-dealkylation sites (tertiary alicyclic amines) is 1. The van der Waals surface area contributed by atoms with Gasteiger partial charge in [0.2, 0.25) is 17.7 Å². The van der Waals surface area contributed by atoms with Gasteiger partial charge in [-0.05, 0) is 38.2 Å². The van der Waals surface area contributed by atoms with Crippen molar-refractivity contribution in [3.63, 3.8) is 0 Å². The number of nitrogens with zero attached hydrogens (tertiary/aromatic N) is 1. The van der Waals surface area contributed by atoms with Crippen LogP contribution in [-0.4, -0.2) is 64.7 Å². The van der Waals surface area contributed by atoms with Crippen LogP contribution in [0.15, 0.2) is 30.3 Å². The normalized spacial score (nSPS) is 35.7. The lowest BCUT2D eigenvalue weighted by Gasteiger charge is -2.37. The Morgan fingerprint density at radius 3 is 2.53 bits per heavy atom. The van der Waals surface area contributed by atoms with Gasteiger partial charge in [0.15, 0.2) is 0 Å². The van der Waals surface area contributed by atoms with Crippen LogP contribution in [0, 0.1) is 17.8 Å². The predicted molar refractivity (Wildman–Crippen MR) is 126 cm³/mol. The summed E-state index contributed by atoms with van der Waals surface area (Å²) in [4.78, 5) is 42.6. The molecule has 0 saturated carbocycles. The molecule has 34 heavy (non-hydrogen) atoms. The topological polar surface area (TPSA) is 108 Å². The molecule has 1 aromatic carbocycles. The summed E-state index contributed by atoms with van der Waals surface area (Å²) in [6.45, 7) is 7.56. The van der Waals surface area contributed by atoms with Crippen LogP contribution < -0.4 is 10.6 Å². The minimum absolute atomic E-state index is 0.0218. The first kappa shape index (κ1) is 24.7. The Morgan fingerprint density at radius 1 is 1.26 bits per heavy atom. The van der Waals surface area contributed by atoms with Crippen LogP contribution in [0.25, 0.3) is 0 Å². The van der Waals surface area contributed by atoms with Gasteiger partial charge in [0.05, 0.1) is 30.1 Å². The number of ether oxygens (including phenoxy) is 1. The lowest BCUT2D eigenvalue weighted by atomic mass is 9.62. The monoisotopic (exact) mass is 471 g/mol. The van der Waals surface area contributed by atoms with Crippen molar-refractivity contribution in [3.8, 4) is 0 Å². The largest absolute Gasteiger partial charge is 0.394 e. The average Bonchev–Trinajstić information content (AvgIpc) is 3.32. The molecule has 0 radical (unpaired) electrons. The quantitative estimate of drug-likeness (QED) is 0.536. The second-order valence-corrected chi connectivity index (χ2v) is 10.4. The fourth-order valence-corrected chi connectivity index (χ4v) is 6.72. The average molecular weight is 472 g/mol. The predicted octanol–water partition coefficient (Wildman–Crippen LogP) is 1.78. The van der Waals surface area contributed by atoms with E-state index in [4.69, 9.17) is 4.74 Å². The molecule has 0 aliphatic carbocycles. The van der Waals surface area contributed by atoms with Crippen LogP contribution in [0.2, 0.25) is 0 Å². The van der Waals surface area contributed by atoms with Crippen molar-refractivity contribution in [2.24, 2.45) is 17.8 Å². The highest BCUT2D eigenvalue weighted by Crippen LogP contribution is 2.65. The van der Waals surface area contributed by atoms with E-state index in [2.05, 4.69) is 17.6 Å². The third-order valence-corrected chi connectivity index (χ3v) is 8.33. The summed E-state index contributed by atoms with van der Waals surface area (Å²) in [5.74, 6) is -2.38. The molecule has 3 heterocycles. The Balaban J connectivity index is 1.84. The zero-order valence-corrected chi connectivity index (χ0v) is 20.7. The summed E-state index contributed by atoms with van der Waals surface area (Å²) >= 11 is 0. The van der Waals surface area contributed by atoms with E-state index < -0.39 is 35.1 Å². The van der Waals surface area contributed by atoms with Gasteiger partial charge in [0.25, 0.3) is 0 Å². The Kier molecular flexibility index (Phi) is 6.50. The second-order valence-electron chi connectivity index (χ2n) is 10.4. The van der Waals surface area contributed by atoms with E-state index in [1.54, 1.807) is 7.05 Å². The summed E-state index contributed by atoms with van der Waals surface area (Å²) in [6.07, 6.45) is 2.22. The molecule has 186 valence electrons. The standard InChI is InChI=1S/C26H37N3O5/c1-6-10-16(3)28-23(32)21-26-13-15(2)25(4,34-26)19(22(31)27-5)20(26)24(33)29(21)18(14-30)17-11-8-7-9-12-17/h7-9,11-12,15-16,18-21,30H,6,10,13-14H2,1-5H3,(H,27,31)(H,28,32)/t15?,16?,18-,19-,20+,21?,25+,26?/m1/s1. The number of carbonyl (C=O) groups excluding carboxylic acids is 3. The van der Waals surface area contributed by atoms with Crippen molar-refractivity contribution in [2.45, 2.75) is 76.3 Å². The lowest BCUT2D eigenvalue weighted by molar-refractivity contribution is -0.151. The number of aliphatic hydroxyl groups is 1. The van der Waals surface area contributed by atoms with Gasteiger partial charge in [-0.3, -0.25) is 14.4 Å². The SMILES string of the molecule is CCCC(C)NC(=O)C1N([C@H](CO)c2ccccc2)C(=O)[C@@H]2[C@H](C(=O)NC)[C@@]3(C)OC12CC3C. The van der Waals surface area contributed by atoms with Gasteiger partial charge in [0, 0.05) is 13.1 Å². The van der Waals surface area contributed by atoms with Crippen molar-refractivity contribution >= 4 is 17.7 Å². The Bertz CT molecular complexity index is 955. The first-order chi connectivity index (χ1) is 16.2. The van der Waals surface area contributed by atoms with Crippen molar-refractivity contribution in [2.75, 3.05) is 13.7 Å². The highest BCUT2D eigenvalue weighted by Gasteiger charge is 2.80. The molecular formula is C26H37N3O5. The Labute approximate surface area is 201 Å². The third kappa shape index (κ3) is 3.45. The fourth-order valence-electron chi connectivity index (χ4n) is 6.72. The molecule has 8 nitrogen and oxygen atoms in total. The van der Waals surface area contributed by atoms with Crippen LogP contribution in [0.1, 0.15) is 58.6 Å². The molecule has 8 heteroatoms. The molecule has 1 aromatic rings. The maximum atomic E-state index is 14.1. The number of hydrogen-bond donors (Lipinski definition) is 3. The smallest absolute Gasteiger partial charge is 0.246 e. The minimum atomic E-state index is -1.12. The number of aliphatic hydroxyl groups excluding tert-OH is 1. The third-order valence-electron chi connectivity index (χ3n) is 8.33. The Morgan fingerprint density at radius 2 is 1.94 bits per heavy atom. The van der Waals surface area contributed by atoms with Crippen molar-refractivity contribution in [1.82, 2.24) is 15.5 Å². The van der Waals surface area contributed by atoms with Gasteiger partial charge >= 0.3 is 0 Å². The van der Waals surface area contributed by atoms with E-state index in [0.29, 0.717) is 6.42 Å². The second kappa shape index (κ2) is 8.96. The number of hydrogen-bond acceptors (Lipinski definition) is 5. The number of fused-ring (bicyclic) bond motifs is 1. The lowest BCUT2D eigenvalue weighted by Crippen LogP contribution is -2.57. The van der Waals surface area contributed by atoms with E-state index in [0.717, 1.165) is 18.4 Å². The molecule has 8 atom stereocenters. The van der Waals surface area contributed by atoms with Crippen LogP contribution in [0.5, 0.6) is 0 Å². The maximum absolute atomic E-state index is 14.1. The van der Waals surface area contributed by atoms with Crippen LogP contribution in [0.3, 0.4) is 0 Å². The first-order valence-electron chi connectivity index (χ1n) is 12.4. The highest BCUT2D eigenvalue weighted by molar-refractivity contribution is 5.99. The minimum Gasteiger partial charge on any atom is -0.394 e. The molecule has 3 aliphatic heterocycles. The van der Waals surface area contributed by atoms with Gasteiger partial charge in [-0.1, -0.05) is 50.6 Å². The van der Waals surface area contributed by atoms with Gasteiger partial charge in [-0.25, -0.2) is 0 Å². The summed E-state index contributed by atoms with van der Waals surface area (Å²) in [5, 5.41) is 16.2. The van der Waals surface area contributed by atoms with Gasteiger partial charge in [-0.2, -0.15) is 0 Å². The van der Waals surface area contributed by atoms with Crippen molar-refractivity contribution in [3.05, 3.63) is 35.9 Å². The molecule has 4 rings (SSSR count). The van der Waals surface area contributed by atoms with Crippen LogP contribution in [0.4, 0.5) is 0 Å². The molecule has 1 spiro atoms. The summed E-state index contributed by atoms with van der Waals surface area (Å²) in [6, 6.07) is 7.49. The number of amides is 3. The summed E-state index contributed by atoms with van der Waals surface area (Å²) in [5.41, 5.74) is -1.23. The van der Waals surface area contributed by atoms with Crippen LogP contribution >= 0.6 is 0 Å². The molecule has 3 N–H and O–H groups in total. The van der Waals surface area contributed by atoms with Crippen molar-refractivity contribution < 1.29 is 24.2 Å². The molecule has 3 aliphatic rings. The maximum Gasteiger partial charge on any atom is 0.246 e. The number of benzene rings is 1. The molecule has 3 amide bonds. The van der Waals surface area contributed by atoms with Gasteiger partial charge in [-0.15, -0.1) is 0 Å². The number of carbonyl (C=O) groups is 3. The van der Waals surface area contributed by atoms with E-state index in [-0.39, 0.29) is 36.3 Å². The van der Waals surface area contributed by atoms with E-state index in [1.807, 2.05) is 51.1 Å². The molecular weight excluding hydrogens is 434 g/mol. The van der Waals surface area contributed by atoms with Crippen LogP contribution in [-0.2, 0) is 19.1 Å². The molecule has 3 saturated heterocycles. The fraction of sp³-hybridized carbons (Fsp3) is 0.654. The molecule has 2 bridgehead atoms. The number of nitrogens with one attached hydrogen (secondary N) is 2. The molecule has 4 unspecified atom stereocenters. The molecule has 3 fully saturated rings. The molecule has 0 aromatic heterocycles. The highest BCUT2D eigenvalue weighted by atomic mass is 16.5. The number of rotatable bonds is 8. The zero-order chi connectivity index (χ0) is 24.8. The van der Waals surface area contributed by atoms with E-state index >= 15 is 0 Å². The summed E-state index contributed by atoms with van der Waals surface area (Å²) < 4.78 is 6.66. The van der Waals surface area contributed by atoms with E-state index in [9.17, 15) is 19.5 Å². The van der Waals surface area contributed by atoms with E-state index in [1.165, 1.54) is 4.90 Å². The first-order valence-corrected chi connectivity index (χ1v) is 12.4. The Hall–Kier alpha value is -2.45. The van der Waals surface area contributed by atoms with Gasteiger partial charge in [0.1, 0.15) is 11.6 Å².